The van der Waals surface area contributed by atoms with Gasteiger partial charge in [0.05, 0.1) is 12.1 Å². The van der Waals surface area contributed by atoms with Gasteiger partial charge < -0.3 is 19.9 Å². The fourth-order valence-electron chi connectivity index (χ4n) is 3.61. The summed E-state index contributed by atoms with van der Waals surface area (Å²) >= 11 is 0. The van der Waals surface area contributed by atoms with Crippen molar-refractivity contribution in [3.63, 3.8) is 0 Å². The van der Waals surface area contributed by atoms with Gasteiger partial charge in [0.25, 0.3) is 0 Å². The van der Waals surface area contributed by atoms with Crippen molar-refractivity contribution in [2.24, 2.45) is 7.05 Å². The maximum atomic E-state index is 10.1. The molecule has 3 aromatic rings. The van der Waals surface area contributed by atoms with Gasteiger partial charge in [0.2, 0.25) is 0 Å². The number of phenolic OH excluding ortho intramolecular Hbond substituents is 1. The number of imidazole rings is 1. The largest absolute Gasteiger partial charge is 0.507 e. The van der Waals surface area contributed by atoms with E-state index in [0.717, 1.165) is 49.8 Å². The van der Waals surface area contributed by atoms with Crippen LogP contribution in [-0.2, 0) is 13.6 Å². The predicted molar refractivity (Wildman–Crippen MR) is 109 cm³/mol. The summed E-state index contributed by atoms with van der Waals surface area (Å²) in [6.07, 6.45) is 5.91. The molecule has 7 nitrogen and oxygen atoms in total. The summed E-state index contributed by atoms with van der Waals surface area (Å²) in [5.41, 5.74) is 1.57. The fraction of sp³-hybridized carbons (Fsp3) is 0.381. The minimum Gasteiger partial charge on any atom is -0.507 e. The number of piperidine rings is 1. The highest BCUT2D eigenvalue weighted by Crippen LogP contribution is 2.28. The molecule has 0 aliphatic carbocycles. The number of para-hydroxylation sites is 1. The molecule has 0 unspecified atom stereocenters. The number of nitrogens with one attached hydrogen (secondary N) is 1. The number of nitrogens with zero attached hydrogens (tertiary/aromatic N) is 5. The maximum absolute atomic E-state index is 10.1. The molecule has 1 saturated heterocycles. The van der Waals surface area contributed by atoms with Crippen molar-refractivity contribution in [3.8, 4) is 17.1 Å². The molecule has 0 spiro atoms. The third-order valence-electron chi connectivity index (χ3n) is 5.27. The second-order valence-electron chi connectivity index (χ2n) is 7.30. The first-order valence-corrected chi connectivity index (χ1v) is 9.69. The van der Waals surface area contributed by atoms with Gasteiger partial charge in [-0.15, -0.1) is 0 Å². The molecule has 7 heteroatoms. The summed E-state index contributed by atoms with van der Waals surface area (Å²) < 4.78 is 2.05. The number of aromatic nitrogens is 4. The average Bonchev–Trinajstić information content (AvgIpc) is 3.11. The van der Waals surface area contributed by atoms with Crippen molar-refractivity contribution in [1.82, 2.24) is 24.8 Å². The topological polar surface area (TPSA) is 79.1 Å². The van der Waals surface area contributed by atoms with Gasteiger partial charge in [-0.25, -0.2) is 15.0 Å². The molecule has 1 fully saturated rings. The third kappa shape index (κ3) is 3.99. The van der Waals surface area contributed by atoms with E-state index in [1.165, 1.54) is 0 Å². The lowest BCUT2D eigenvalue weighted by atomic mass is 10.0. The standard InChI is InChI=1S/C21H26N6O/c1-15-13-19(25-21(24-15)17-5-3-4-6-18(17)28)27-10-7-16(8-11-27)23-14-20-22-9-12-26(20)2/h3-6,9,12-13,16,23,28H,7-8,10-11,14H2,1-2H3. The molecule has 0 atom stereocenters. The number of aromatic hydroxyl groups is 1. The number of hydrogen-bond donors (Lipinski definition) is 2. The number of phenols is 1. The minimum absolute atomic E-state index is 0.205. The highest BCUT2D eigenvalue weighted by molar-refractivity contribution is 5.65. The Kier molecular flexibility index (Phi) is 5.25. The normalized spacial score (nSPS) is 15.1. The van der Waals surface area contributed by atoms with Crippen LogP contribution >= 0.6 is 0 Å². The van der Waals surface area contributed by atoms with Gasteiger partial charge in [-0.2, -0.15) is 0 Å². The molecular formula is C21H26N6O. The fourth-order valence-corrected chi connectivity index (χ4v) is 3.61. The number of benzene rings is 1. The molecule has 1 aliphatic heterocycles. The maximum Gasteiger partial charge on any atom is 0.165 e. The molecule has 2 aromatic heterocycles. The van der Waals surface area contributed by atoms with Crippen LogP contribution in [0.15, 0.2) is 42.7 Å². The highest BCUT2D eigenvalue weighted by atomic mass is 16.3. The van der Waals surface area contributed by atoms with Crippen LogP contribution in [0.25, 0.3) is 11.4 Å². The van der Waals surface area contributed by atoms with Crippen molar-refractivity contribution in [2.75, 3.05) is 18.0 Å². The van der Waals surface area contributed by atoms with E-state index in [-0.39, 0.29) is 5.75 Å². The van der Waals surface area contributed by atoms with Crippen molar-refractivity contribution in [1.29, 1.82) is 0 Å². The average molecular weight is 378 g/mol. The van der Waals surface area contributed by atoms with E-state index in [2.05, 4.69) is 20.2 Å². The Labute approximate surface area is 165 Å². The van der Waals surface area contributed by atoms with E-state index >= 15 is 0 Å². The van der Waals surface area contributed by atoms with Crippen molar-refractivity contribution >= 4 is 5.82 Å². The van der Waals surface area contributed by atoms with Gasteiger partial charge in [-0.1, -0.05) is 12.1 Å². The zero-order valence-corrected chi connectivity index (χ0v) is 16.3. The van der Waals surface area contributed by atoms with E-state index in [4.69, 9.17) is 4.98 Å². The van der Waals surface area contributed by atoms with Crippen LogP contribution in [0, 0.1) is 6.92 Å². The SMILES string of the molecule is Cc1cc(N2CCC(NCc3nccn3C)CC2)nc(-c2ccccc2O)n1. The van der Waals surface area contributed by atoms with Crippen LogP contribution in [0.1, 0.15) is 24.4 Å². The Morgan fingerprint density at radius 2 is 1.96 bits per heavy atom. The summed E-state index contributed by atoms with van der Waals surface area (Å²) in [6, 6.07) is 9.71. The molecule has 0 bridgehead atoms. The van der Waals surface area contributed by atoms with Crippen LogP contribution < -0.4 is 10.2 Å². The Hall–Kier alpha value is -2.93. The Morgan fingerprint density at radius 1 is 1.18 bits per heavy atom. The summed E-state index contributed by atoms with van der Waals surface area (Å²) in [5.74, 6) is 2.76. The van der Waals surface area contributed by atoms with Crippen LogP contribution in [0.3, 0.4) is 0 Å². The van der Waals surface area contributed by atoms with E-state index in [1.54, 1.807) is 12.1 Å². The van der Waals surface area contributed by atoms with Crippen LogP contribution in [0.2, 0.25) is 0 Å². The molecule has 0 saturated carbocycles. The molecular weight excluding hydrogens is 352 g/mol. The van der Waals surface area contributed by atoms with Crippen LogP contribution in [0.4, 0.5) is 5.82 Å². The van der Waals surface area contributed by atoms with Gasteiger partial charge >= 0.3 is 0 Å². The second-order valence-corrected chi connectivity index (χ2v) is 7.30. The monoisotopic (exact) mass is 378 g/mol. The second kappa shape index (κ2) is 7.98. The van der Waals surface area contributed by atoms with Crippen LogP contribution in [-0.4, -0.2) is 43.8 Å². The minimum atomic E-state index is 0.205. The van der Waals surface area contributed by atoms with E-state index < -0.39 is 0 Å². The van der Waals surface area contributed by atoms with Gasteiger partial charge in [-0.05, 0) is 31.9 Å². The van der Waals surface area contributed by atoms with Crippen molar-refractivity contribution < 1.29 is 5.11 Å². The quantitative estimate of drug-likeness (QED) is 0.711. The van der Waals surface area contributed by atoms with Crippen molar-refractivity contribution in [3.05, 3.63) is 54.2 Å². The lowest BCUT2D eigenvalue weighted by Crippen LogP contribution is -2.42. The Morgan fingerprint density at radius 3 is 2.68 bits per heavy atom. The predicted octanol–water partition coefficient (Wildman–Crippen LogP) is 2.65. The third-order valence-corrected chi connectivity index (χ3v) is 5.27. The Balaban J connectivity index is 1.42. The first kappa shape index (κ1) is 18.4. The number of anilines is 1. The van der Waals surface area contributed by atoms with E-state index in [1.807, 2.05) is 49.1 Å². The summed E-state index contributed by atoms with van der Waals surface area (Å²) in [4.78, 5) is 15.9. The molecule has 28 heavy (non-hydrogen) atoms. The summed E-state index contributed by atoms with van der Waals surface area (Å²) in [7, 11) is 2.02. The lowest BCUT2D eigenvalue weighted by Gasteiger charge is -2.33. The molecule has 1 aromatic carbocycles. The van der Waals surface area contributed by atoms with Gasteiger partial charge in [-0.3, -0.25) is 0 Å². The van der Waals surface area contributed by atoms with Crippen LogP contribution in [0.5, 0.6) is 5.75 Å². The van der Waals surface area contributed by atoms with E-state index in [9.17, 15) is 5.11 Å². The first-order valence-electron chi connectivity index (χ1n) is 9.69. The molecule has 3 heterocycles. The Bertz CT molecular complexity index is 946. The molecule has 146 valence electrons. The molecule has 0 radical (unpaired) electrons. The summed E-state index contributed by atoms with van der Waals surface area (Å²) in [5, 5.41) is 13.8. The molecule has 1 aliphatic rings. The molecule has 2 N–H and O–H groups in total. The number of aryl methyl sites for hydroxylation is 2. The van der Waals surface area contributed by atoms with E-state index in [0.29, 0.717) is 17.4 Å². The van der Waals surface area contributed by atoms with Gasteiger partial charge in [0, 0.05) is 50.3 Å². The first-order chi connectivity index (χ1) is 13.6. The van der Waals surface area contributed by atoms with Gasteiger partial charge in [0.1, 0.15) is 17.4 Å². The number of hydrogen-bond acceptors (Lipinski definition) is 6. The highest BCUT2D eigenvalue weighted by Gasteiger charge is 2.21. The molecule has 4 rings (SSSR count). The zero-order chi connectivity index (χ0) is 19.5. The van der Waals surface area contributed by atoms with Gasteiger partial charge in [0.15, 0.2) is 5.82 Å². The smallest absolute Gasteiger partial charge is 0.165 e. The molecule has 0 amide bonds. The number of rotatable bonds is 5. The van der Waals surface area contributed by atoms with Crippen molar-refractivity contribution in [2.45, 2.75) is 32.4 Å². The lowest BCUT2D eigenvalue weighted by molar-refractivity contribution is 0.406. The summed E-state index contributed by atoms with van der Waals surface area (Å²) in [6.45, 7) is 4.64. The zero-order valence-electron chi connectivity index (χ0n) is 16.3.